The van der Waals surface area contributed by atoms with Gasteiger partial charge in [-0.25, -0.2) is 19.2 Å². The van der Waals surface area contributed by atoms with E-state index in [1.54, 1.807) is 11.0 Å². The average Bonchev–Trinajstić information content (AvgIpc) is 3.28. The van der Waals surface area contributed by atoms with Gasteiger partial charge in [-0.1, -0.05) is 6.07 Å². The van der Waals surface area contributed by atoms with Crippen molar-refractivity contribution < 1.29 is 23.5 Å². The van der Waals surface area contributed by atoms with Gasteiger partial charge in [-0.3, -0.25) is 4.79 Å². The Labute approximate surface area is 247 Å². The number of hydrogen-bond donors (Lipinski definition) is 2. The number of amides is 3. The van der Waals surface area contributed by atoms with Gasteiger partial charge in [0.05, 0.1) is 42.0 Å². The predicted molar refractivity (Wildman–Crippen MR) is 155 cm³/mol. The zero-order valence-electron chi connectivity index (χ0n) is 24.1. The lowest BCUT2D eigenvalue weighted by molar-refractivity contribution is 0.0297. The van der Waals surface area contributed by atoms with Crippen LogP contribution in [0.5, 0.6) is 5.88 Å². The van der Waals surface area contributed by atoms with Crippen LogP contribution in [0.25, 0.3) is 11.3 Å². The highest BCUT2D eigenvalue weighted by Crippen LogP contribution is 2.38. The quantitative estimate of drug-likeness (QED) is 0.449. The van der Waals surface area contributed by atoms with Crippen molar-refractivity contribution in [3.8, 4) is 23.2 Å². The number of ether oxygens (including phenoxy) is 2. The molecule has 1 aromatic carbocycles. The molecule has 3 aliphatic rings. The number of benzene rings is 1. The summed E-state index contributed by atoms with van der Waals surface area (Å²) in [5.41, 5.74) is 0.491. The molecule has 0 saturated carbocycles. The number of rotatable bonds is 5. The van der Waals surface area contributed by atoms with Crippen molar-refractivity contribution in [3.63, 3.8) is 0 Å². The van der Waals surface area contributed by atoms with E-state index in [1.807, 2.05) is 31.7 Å². The largest absolute Gasteiger partial charge is 0.469 e. The summed E-state index contributed by atoms with van der Waals surface area (Å²) in [6.07, 6.45) is 3.40. The molecule has 2 N–H and O–H groups in total. The van der Waals surface area contributed by atoms with E-state index >= 15 is 4.39 Å². The number of anilines is 3. The molecule has 13 heteroatoms. The second-order valence-corrected chi connectivity index (χ2v) is 11.4. The zero-order valence-corrected chi connectivity index (χ0v) is 24.1. The minimum atomic E-state index is -0.724. The molecule has 222 valence electrons. The number of likely N-dealkylation sites (N-methyl/N-ethyl adjacent to an activating group) is 1. The number of carbonyl (C=O) groups is 2. The van der Waals surface area contributed by atoms with Crippen molar-refractivity contribution in [1.29, 1.82) is 5.26 Å². The fraction of sp³-hybridized carbons (Fsp3) is 0.400. The number of carbonyl (C=O) groups excluding carboxylic acids is 2. The third kappa shape index (κ3) is 5.78. The first-order valence-corrected chi connectivity index (χ1v) is 14.2. The monoisotopic (exact) mass is 586 g/mol. The smallest absolute Gasteiger partial charge is 0.323 e. The van der Waals surface area contributed by atoms with Crippen LogP contribution in [-0.2, 0) is 4.74 Å². The average molecular weight is 587 g/mol. The SMILES string of the molecule is CCN1CC(C)(C)Oc2nc(N3CC4CCC(C3)O4)nc(-c3ccc(NC(=O)Nc4ccc(C#N)nc4)c(F)c3)c2C1=O. The summed E-state index contributed by atoms with van der Waals surface area (Å²) < 4.78 is 27.8. The van der Waals surface area contributed by atoms with E-state index < -0.39 is 17.4 Å². The molecule has 0 spiro atoms. The number of nitrogens with one attached hydrogen (secondary N) is 2. The molecule has 2 saturated heterocycles. The Bertz CT molecular complexity index is 1610. The maximum atomic E-state index is 15.5. The lowest BCUT2D eigenvalue weighted by Crippen LogP contribution is -2.43. The summed E-state index contributed by atoms with van der Waals surface area (Å²) in [5, 5.41) is 13.9. The highest BCUT2D eigenvalue weighted by atomic mass is 19.1. The van der Waals surface area contributed by atoms with Gasteiger partial charge in [-0.2, -0.15) is 10.2 Å². The van der Waals surface area contributed by atoms with Gasteiger partial charge in [-0.05, 0) is 57.9 Å². The molecule has 2 bridgehead atoms. The van der Waals surface area contributed by atoms with E-state index in [0.29, 0.717) is 43.4 Å². The van der Waals surface area contributed by atoms with Crippen molar-refractivity contribution in [2.24, 2.45) is 0 Å². The van der Waals surface area contributed by atoms with E-state index in [2.05, 4.69) is 15.6 Å². The Morgan fingerprint density at radius 3 is 2.58 bits per heavy atom. The van der Waals surface area contributed by atoms with Gasteiger partial charge in [0.2, 0.25) is 11.8 Å². The highest BCUT2D eigenvalue weighted by Gasteiger charge is 2.39. The first-order valence-electron chi connectivity index (χ1n) is 14.2. The molecule has 2 aromatic heterocycles. The van der Waals surface area contributed by atoms with Gasteiger partial charge in [0.1, 0.15) is 28.7 Å². The first kappa shape index (κ1) is 28.3. The van der Waals surface area contributed by atoms with Crippen molar-refractivity contribution in [3.05, 3.63) is 53.6 Å². The molecule has 0 radical (unpaired) electrons. The third-order valence-electron chi connectivity index (χ3n) is 7.64. The molecule has 43 heavy (non-hydrogen) atoms. The van der Waals surface area contributed by atoms with E-state index in [-0.39, 0.29) is 46.6 Å². The Morgan fingerprint density at radius 1 is 1.16 bits per heavy atom. The van der Waals surface area contributed by atoms with Gasteiger partial charge in [0.25, 0.3) is 5.91 Å². The van der Waals surface area contributed by atoms with Gasteiger partial charge in [0, 0.05) is 25.2 Å². The number of pyridine rings is 1. The minimum absolute atomic E-state index is 0.0770. The maximum absolute atomic E-state index is 15.5. The van der Waals surface area contributed by atoms with E-state index in [0.717, 1.165) is 12.8 Å². The van der Waals surface area contributed by atoms with Gasteiger partial charge in [-0.15, -0.1) is 0 Å². The molecule has 2 fully saturated rings. The number of urea groups is 1. The first-order chi connectivity index (χ1) is 20.6. The number of fused-ring (bicyclic) bond motifs is 3. The van der Waals surface area contributed by atoms with Crippen LogP contribution in [0, 0.1) is 17.1 Å². The number of morpholine rings is 1. The van der Waals surface area contributed by atoms with Crippen LogP contribution in [0.1, 0.15) is 49.7 Å². The lowest BCUT2D eigenvalue weighted by Gasteiger charge is -2.33. The summed E-state index contributed by atoms with van der Waals surface area (Å²) in [6.45, 7) is 7.68. The van der Waals surface area contributed by atoms with Crippen molar-refractivity contribution in [2.45, 2.75) is 51.4 Å². The van der Waals surface area contributed by atoms with Crippen molar-refractivity contribution in [1.82, 2.24) is 19.9 Å². The fourth-order valence-electron chi connectivity index (χ4n) is 5.65. The molecular weight excluding hydrogens is 555 g/mol. The number of nitrogens with zero attached hydrogens (tertiary/aromatic N) is 6. The summed E-state index contributed by atoms with van der Waals surface area (Å²) in [5.74, 6) is -0.480. The Morgan fingerprint density at radius 2 is 1.93 bits per heavy atom. The molecule has 2 atom stereocenters. The van der Waals surface area contributed by atoms with Crippen molar-refractivity contribution in [2.75, 3.05) is 41.7 Å². The second kappa shape index (κ2) is 11.1. The van der Waals surface area contributed by atoms with E-state index in [1.165, 1.54) is 30.5 Å². The van der Waals surface area contributed by atoms with Crippen LogP contribution in [0.2, 0.25) is 0 Å². The molecule has 3 amide bonds. The normalized spacial score (nSPS) is 20.5. The van der Waals surface area contributed by atoms with Gasteiger partial charge >= 0.3 is 6.03 Å². The van der Waals surface area contributed by atoms with E-state index in [9.17, 15) is 9.59 Å². The topological polar surface area (TPSA) is 146 Å². The Hall–Kier alpha value is -4.83. The Balaban J connectivity index is 1.35. The van der Waals surface area contributed by atoms with Gasteiger partial charge < -0.3 is 29.9 Å². The predicted octanol–water partition coefficient (Wildman–Crippen LogP) is 4.19. The second-order valence-electron chi connectivity index (χ2n) is 11.4. The molecule has 5 heterocycles. The number of halogens is 1. The summed E-state index contributed by atoms with van der Waals surface area (Å²) >= 11 is 0. The maximum Gasteiger partial charge on any atom is 0.323 e. The molecule has 2 unspecified atom stereocenters. The van der Waals surface area contributed by atoms with Gasteiger partial charge in [0.15, 0.2) is 0 Å². The number of nitriles is 1. The summed E-state index contributed by atoms with van der Waals surface area (Å²) in [6, 6.07) is 8.41. The Kier molecular flexibility index (Phi) is 7.31. The highest BCUT2D eigenvalue weighted by molar-refractivity contribution is 6.03. The summed E-state index contributed by atoms with van der Waals surface area (Å²) in [4.78, 5) is 43.5. The molecule has 3 aromatic rings. The van der Waals surface area contributed by atoms with Crippen LogP contribution >= 0.6 is 0 Å². The van der Waals surface area contributed by atoms with Crippen LogP contribution in [0.4, 0.5) is 26.5 Å². The van der Waals surface area contributed by atoms with Crippen LogP contribution < -0.4 is 20.3 Å². The molecule has 6 rings (SSSR count). The summed E-state index contributed by atoms with van der Waals surface area (Å²) in [7, 11) is 0. The minimum Gasteiger partial charge on any atom is -0.469 e. The van der Waals surface area contributed by atoms with Crippen molar-refractivity contribution >= 4 is 29.3 Å². The third-order valence-corrected chi connectivity index (χ3v) is 7.64. The van der Waals surface area contributed by atoms with Crippen LogP contribution in [0.15, 0.2) is 36.5 Å². The van der Waals surface area contributed by atoms with Crippen LogP contribution in [-0.4, -0.2) is 75.8 Å². The lowest BCUT2D eigenvalue weighted by atomic mass is 10.0. The standard InChI is InChI=1S/C30H31FN8O4/c1-4-38-16-30(2,3)43-26-24(27(38)40)25(36-28(37-26)39-14-20-8-9-21(15-39)42-20)17-5-10-23(22(31)11-17)35-29(41)34-19-7-6-18(12-32)33-13-19/h5-7,10-11,13,20-21H,4,8-9,14-16H2,1-3H3,(H2,34,35,41). The van der Waals surface area contributed by atoms with Crippen LogP contribution in [0.3, 0.4) is 0 Å². The van der Waals surface area contributed by atoms with E-state index in [4.69, 9.17) is 24.7 Å². The molecular formula is C30H31FN8O4. The molecule has 12 nitrogen and oxygen atoms in total. The number of aromatic nitrogens is 3. The zero-order chi connectivity index (χ0) is 30.3. The number of hydrogen-bond acceptors (Lipinski definition) is 9. The fourth-order valence-corrected chi connectivity index (χ4v) is 5.65. The molecule has 3 aliphatic heterocycles. The molecule has 0 aliphatic carbocycles.